The molecule has 1 heterocycles. The normalized spacial score (nSPS) is 10.7. The first kappa shape index (κ1) is 16.2. The van der Waals surface area contributed by atoms with Crippen LogP contribution in [0.2, 0.25) is 0 Å². The number of halogens is 1. The number of amides is 1. The summed E-state index contributed by atoms with van der Waals surface area (Å²) in [5.41, 5.74) is 1.85. The summed E-state index contributed by atoms with van der Waals surface area (Å²) in [6.07, 6.45) is 4.00. The molecule has 0 N–H and O–H groups in total. The zero-order valence-corrected chi connectivity index (χ0v) is 14.9. The Balaban J connectivity index is 2.11. The van der Waals surface area contributed by atoms with E-state index in [1.807, 2.05) is 30.8 Å². The average molecular weight is 367 g/mol. The predicted octanol–water partition coefficient (Wildman–Crippen LogP) is 4.26. The van der Waals surface area contributed by atoms with Gasteiger partial charge in [-0.2, -0.15) is 0 Å². The summed E-state index contributed by atoms with van der Waals surface area (Å²) in [6, 6.07) is 10.2. The molecule has 112 valence electrons. The molecule has 1 aromatic heterocycles. The topological polar surface area (TPSA) is 25.2 Å². The summed E-state index contributed by atoms with van der Waals surface area (Å²) in [5, 5.41) is 0. The van der Waals surface area contributed by atoms with Gasteiger partial charge in [0, 0.05) is 35.7 Å². The molecule has 0 unspecified atom stereocenters. The third-order valence-corrected chi connectivity index (χ3v) is 4.53. The number of aryl methyl sites for hydroxylation is 1. The lowest BCUT2D eigenvalue weighted by atomic mass is 10.2. The Kier molecular flexibility index (Phi) is 5.53. The lowest BCUT2D eigenvalue weighted by Gasteiger charge is -2.18. The average Bonchev–Trinajstić information content (AvgIpc) is 2.88. The number of thioether (sulfide) groups is 1. The summed E-state index contributed by atoms with van der Waals surface area (Å²) in [4.78, 5) is 15.5. The smallest absolute Gasteiger partial charge is 0.270 e. The summed E-state index contributed by atoms with van der Waals surface area (Å²) in [5.74, 6) is 0.0384. The van der Waals surface area contributed by atoms with Crippen molar-refractivity contribution in [2.45, 2.75) is 24.9 Å². The fourth-order valence-corrected chi connectivity index (χ4v) is 3.06. The minimum absolute atomic E-state index is 0.0384. The molecule has 0 saturated carbocycles. The van der Waals surface area contributed by atoms with E-state index in [2.05, 4.69) is 46.5 Å². The second kappa shape index (κ2) is 7.18. The van der Waals surface area contributed by atoms with Crippen LogP contribution in [0.3, 0.4) is 0 Å². The van der Waals surface area contributed by atoms with E-state index in [9.17, 15) is 4.79 Å². The molecule has 0 spiro atoms. The van der Waals surface area contributed by atoms with Crippen LogP contribution in [0.1, 0.15) is 23.0 Å². The van der Waals surface area contributed by atoms with Crippen molar-refractivity contribution >= 4 is 33.6 Å². The number of hydrogen-bond donors (Lipinski definition) is 0. The molecule has 3 nitrogen and oxygen atoms in total. The maximum absolute atomic E-state index is 12.5. The lowest BCUT2D eigenvalue weighted by Crippen LogP contribution is -2.28. The molecule has 1 aromatic carbocycles. The standard InChI is InChI=1S/C16H19BrN2OS/c1-4-19-11-13(17)9-15(19)16(20)18(2)10-12-5-7-14(21-3)8-6-12/h5-9,11H,4,10H2,1-3H3. The van der Waals surface area contributed by atoms with Crippen molar-refractivity contribution in [2.75, 3.05) is 13.3 Å². The fourth-order valence-electron chi connectivity index (χ4n) is 2.19. The monoisotopic (exact) mass is 366 g/mol. The highest BCUT2D eigenvalue weighted by Gasteiger charge is 2.16. The van der Waals surface area contributed by atoms with Crippen molar-refractivity contribution in [1.29, 1.82) is 0 Å². The van der Waals surface area contributed by atoms with Gasteiger partial charge in [0.2, 0.25) is 0 Å². The van der Waals surface area contributed by atoms with Gasteiger partial charge >= 0.3 is 0 Å². The molecule has 0 atom stereocenters. The summed E-state index contributed by atoms with van der Waals surface area (Å²) < 4.78 is 2.89. The van der Waals surface area contributed by atoms with Crippen LogP contribution in [-0.4, -0.2) is 28.7 Å². The largest absolute Gasteiger partial charge is 0.343 e. The van der Waals surface area contributed by atoms with Crippen LogP contribution >= 0.6 is 27.7 Å². The van der Waals surface area contributed by atoms with Gasteiger partial charge in [-0.15, -0.1) is 11.8 Å². The number of carbonyl (C=O) groups excluding carboxylic acids is 1. The quantitative estimate of drug-likeness (QED) is 0.738. The van der Waals surface area contributed by atoms with Crippen LogP contribution in [0.15, 0.2) is 45.9 Å². The number of hydrogen-bond acceptors (Lipinski definition) is 2. The zero-order chi connectivity index (χ0) is 15.4. The van der Waals surface area contributed by atoms with Gasteiger partial charge in [0.25, 0.3) is 5.91 Å². The zero-order valence-electron chi connectivity index (χ0n) is 12.5. The van der Waals surface area contributed by atoms with E-state index >= 15 is 0 Å². The Bertz CT molecular complexity index is 622. The van der Waals surface area contributed by atoms with Gasteiger partial charge in [0.05, 0.1) is 0 Å². The van der Waals surface area contributed by atoms with Crippen LogP contribution in [0, 0.1) is 0 Å². The van der Waals surface area contributed by atoms with E-state index in [-0.39, 0.29) is 5.91 Å². The first-order valence-electron chi connectivity index (χ1n) is 6.79. The molecule has 2 aromatic rings. The number of aromatic nitrogens is 1. The van der Waals surface area contributed by atoms with Gasteiger partial charge in [-0.1, -0.05) is 12.1 Å². The van der Waals surface area contributed by atoms with Crippen LogP contribution in [-0.2, 0) is 13.1 Å². The first-order chi connectivity index (χ1) is 10.0. The van der Waals surface area contributed by atoms with E-state index in [1.54, 1.807) is 16.7 Å². The van der Waals surface area contributed by atoms with Crippen molar-refractivity contribution in [3.05, 3.63) is 52.3 Å². The second-order valence-corrected chi connectivity index (χ2v) is 6.63. The van der Waals surface area contributed by atoms with Crippen molar-refractivity contribution in [3.8, 4) is 0 Å². The molecule has 0 aliphatic heterocycles. The van der Waals surface area contributed by atoms with Crippen molar-refractivity contribution < 1.29 is 4.79 Å². The molecule has 0 fully saturated rings. The number of benzene rings is 1. The van der Waals surface area contributed by atoms with Crippen LogP contribution in [0.5, 0.6) is 0 Å². The highest BCUT2D eigenvalue weighted by atomic mass is 79.9. The molecule has 0 radical (unpaired) electrons. The third-order valence-electron chi connectivity index (χ3n) is 3.35. The van der Waals surface area contributed by atoms with Crippen molar-refractivity contribution in [2.24, 2.45) is 0 Å². The highest BCUT2D eigenvalue weighted by molar-refractivity contribution is 9.10. The molecule has 5 heteroatoms. The number of carbonyl (C=O) groups is 1. The fraction of sp³-hybridized carbons (Fsp3) is 0.312. The number of rotatable bonds is 5. The summed E-state index contributed by atoms with van der Waals surface area (Å²) in [7, 11) is 1.84. The molecule has 2 rings (SSSR count). The van der Waals surface area contributed by atoms with Crippen LogP contribution in [0.25, 0.3) is 0 Å². The Morgan fingerprint density at radius 2 is 2.00 bits per heavy atom. The lowest BCUT2D eigenvalue weighted by molar-refractivity contribution is 0.0774. The van der Waals surface area contributed by atoms with E-state index in [0.717, 1.165) is 16.6 Å². The highest BCUT2D eigenvalue weighted by Crippen LogP contribution is 2.18. The minimum atomic E-state index is 0.0384. The Morgan fingerprint density at radius 3 is 2.57 bits per heavy atom. The SMILES string of the molecule is CCn1cc(Br)cc1C(=O)N(C)Cc1ccc(SC)cc1. The van der Waals surface area contributed by atoms with E-state index in [1.165, 1.54) is 4.90 Å². The van der Waals surface area contributed by atoms with Gasteiger partial charge in [-0.25, -0.2) is 0 Å². The third kappa shape index (κ3) is 3.92. The van der Waals surface area contributed by atoms with Gasteiger partial charge in [-0.05, 0) is 52.9 Å². The molecular formula is C16H19BrN2OS. The van der Waals surface area contributed by atoms with E-state index in [4.69, 9.17) is 0 Å². The van der Waals surface area contributed by atoms with Gasteiger partial charge < -0.3 is 9.47 Å². The molecule has 0 aliphatic rings. The van der Waals surface area contributed by atoms with Crippen LogP contribution in [0.4, 0.5) is 0 Å². The molecule has 0 aliphatic carbocycles. The Labute approximate surface area is 138 Å². The Morgan fingerprint density at radius 1 is 1.33 bits per heavy atom. The van der Waals surface area contributed by atoms with Crippen LogP contribution < -0.4 is 0 Å². The summed E-state index contributed by atoms with van der Waals surface area (Å²) in [6.45, 7) is 3.42. The molecular weight excluding hydrogens is 348 g/mol. The molecule has 21 heavy (non-hydrogen) atoms. The van der Waals surface area contributed by atoms with Gasteiger partial charge in [0.15, 0.2) is 0 Å². The van der Waals surface area contributed by atoms with Gasteiger partial charge in [-0.3, -0.25) is 4.79 Å². The van der Waals surface area contributed by atoms with E-state index in [0.29, 0.717) is 12.2 Å². The maximum Gasteiger partial charge on any atom is 0.270 e. The molecule has 0 saturated heterocycles. The first-order valence-corrected chi connectivity index (χ1v) is 8.81. The molecule has 0 bridgehead atoms. The molecule has 1 amide bonds. The van der Waals surface area contributed by atoms with Gasteiger partial charge in [0.1, 0.15) is 5.69 Å². The minimum Gasteiger partial charge on any atom is -0.343 e. The van der Waals surface area contributed by atoms with Crippen molar-refractivity contribution in [1.82, 2.24) is 9.47 Å². The Hall–Kier alpha value is -1.20. The second-order valence-electron chi connectivity index (χ2n) is 4.84. The summed E-state index contributed by atoms with van der Waals surface area (Å²) >= 11 is 5.15. The predicted molar refractivity (Wildman–Crippen MR) is 91.8 cm³/mol. The number of nitrogens with zero attached hydrogens (tertiary/aromatic N) is 2. The van der Waals surface area contributed by atoms with Crippen molar-refractivity contribution in [3.63, 3.8) is 0 Å². The van der Waals surface area contributed by atoms with E-state index < -0.39 is 0 Å². The maximum atomic E-state index is 12.5.